The van der Waals surface area contributed by atoms with E-state index in [4.69, 9.17) is 11.6 Å². The van der Waals surface area contributed by atoms with Crippen molar-refractivity contribution in [1.82, 2.24) is 24.4 Å². The van der Waals surface area contributed by atoms with E-state index >= 15 is 0 Å². The summed E-state index contributed by atoms with van der Waals surface area (Å²) in [7, 11) is 0. The molecule has 0 aliphatic carbocycles. The molecule has 9 heteroatoms. The van der Waals surface area contributed by atoms with Crippen molar-refractivity contribution in [1.29, 1.82) is 0 Å². The smallest absolute Gasteiger partial charge is 0.277 e. The van der Waals surface area contributed by atoms with Gasteiger partial charge in [-0.1, -0.05) is 23.7 Å². The molecule has 7 nitrogen and oxygen atoms in total. The van der Waals surface area contributed by atoms with Crippen molar-refractivity contribution in [3.63, 3.8) is 0 Å². The van der Waals surface area contributed by atoms with Crippen molar-refractivity contribution in [2.24, 2.45) is 0 Å². The number of nitrogens with one attached hydrogen (secondary N) is 1. The minimum atomic E-state index is -0.451. The van der Waals surface area contributed by atoms with E-state index < -0.39 is 5.91 Å². The average molecular weight is 371 g/mol. The van der Waals surface area contributed by atoms with Crippen LogP contribution in [-0.2, 0) is 6.54 Å². The molecular weight excluding hydrogens is 359 g/mol. The summed E-state index contributed by atoms with van der Waals surface area (Å²) in [6.07, 6.45) is 4.87. The van der Waals surface area contributed by atoms with Gasteiger partial charge in [-0.15, -0.1) is 0 Å². The Balaban J connectivity index is 1.52. The Morgan fingerprint density at radius 2 is 2.12 bits per heavy atom. The lowest BCUT2D eigenvalue weighted by Gasteiger charge is -2.02. The fourth-order valence-electron chi connectivity index (χ4n) is 2.50. The molecule has 0 saturated carbocycles. The van der Waals surface area contributed by atoms with Gasteiger partial charge in [0.25, 0.3) is 5.91 Å². The van der Waals surface area contributed by atoms with Crippen LogP contribution < -0.4 is 5.32 Å². The van der Waals surface area contributed by atoms with Gasteiger partial charge in [0.05, 0.1) is 6.54 Å². The summed E-state index contributed by atoms with van der Waals surface area (Å²) in [5, 5.41) is 11.3. The van der Waals surface area contributed by atoms with Gasteiger partial charge in [-0.25, -0.2) is 13.9 Å². The van der Waals surface area contributed by atoms with Gasteiger partial charge in [-0.3, -0.25) is 9.48 Å². The van der Waals surface area contributed by atoms with E-state index in [0.29, 0.717) is 12.2 Å². The van der Waals surface area contributed by atoms with Crippen LogP contribution in [-0.4, -0.2) is 30.3 Å². The van der Waals surface area contributed by atoms with Crippen molar-refractivity contribution in [2.45, 2.75) is 6.54 Å². The average Bonchev–Trinajstić information content (AvgIpc) is 3.18. The summed E-state index contributed by atoms with van der Waals surface area (Å²) in [5.74, 6) is -0.568. The molecule has 130 valence electrons. The third kappa shape index (κ3) is 3.27. The number of aromatic nitrogens is 5. The first-order valence-corrected chi connectivity index (χ1v) is 8.05. The summed E-state index contributed by atoms with van der Waals surface area (Å²) in [5.41, 5.74) is 1.48. The molecule has 3 heterocycles. The highest BCUT2D eigenvalue weighted by Crippen LogP contribution is 2.21. The van der Waals surface area contributed by atoms with E-state index in [0.717, 1.165) is 5.56 Å². The van der Waals surface area contributed by atoms with E-state index in [9.17, 15) is 9.18 Å². The lowest BCUT2D eigenvalue weighted by Crippen LogP contribution is -2.14. The fraction of sp³-hybridized carbons (Fsp3) is 0.0588. The number of hydrogen-bond acceptors (Lipinski definition) is 4. The van der Waals surface area contributed by atoms with E-state index in [1.165, 1.54) is 21.3 Å². The van der Waals surface area contributed by atoms with Crippen LogP contribution in [0.25, 0.3) is 5.65 Å². The van der Waals surface area contributed by atoms with Crippen molar-refractivity contribution < 1.29 is 9.18 Å². The summed E-state index contributed by atoms with van der Waals surface area (Å²) >= 11 is 6.14. The lowest BCUT2D eigenvalue weighted by molar-refractivity contribution is 0.102. The third-order valence-electron chi connectivity index (χ3n) is 3.65. The number of carbonyl (C=O) groups excluding carboxylic acids is 1. The van der Waals surface area contributed by atoms with E-state index in [2.05, 4.69) is 20.5 Å². The summed E-state index contributed by atoms with van der Waals surface area (Å²) in [4.78, 5) is 16.5. The summed E-state index contributed by atoms with van der Waals surface area (Å²) < 4.78 is 16.3. The first-order valence-electron chi connectivity index (χ1n) is 7.67. The molecule has 0 aliphatic rings. The monoisotopic (exact) mass is 370 g/mol. The SMILES string of the molecule is O=C(Nc1nn(Cc2cccc(F)c2)cc1Cl)c1cc2ncccn2n1. The molecule has 3 aromatic heterocycles. The second kappa shape index (κ2) is 6.57. The number of amides is 1. The van der Waals surface area contributed by atoms with Crippen LogP contribution in [0.3, 0.4) is 0 Å². The second-order valence-corrected chi connectivity index (χ2v) is 5.97. The predicted octanol–water partition coefficient (Wildman–Crippen LogP) is 3.02. The zero-order chi connectivity index (χ0) is 18.1. The number of rotatable bonds is 4. The number of nitrogens with zero attached hydrogens (tertiary/aromatic N) is 5. The zero-order valence-electron chi connectivity index (χ0n) is 13.3. The molecular formula is C17H12ClFN6O. The largest absolute Gasteiger partial charge is 0.302 e. The van der Waals surface area contributed by atoms with Crippen LogP contribution in [0.15, 0.2) is 55.0 Å². The number of anilines is 1. The Kier molecular flexibility index (Phi) is 4.10. The van der Waals surface area contributed by atoms with Crippen LogP contribution in [0.2, 0.25) is 5.02 Å². The Morgan fingerprint density at radius 3 is 2.92 bits per heavy atom. The zero-order valence-corrected chi connectivity index (χ0v) is 14.1. The van der Waals surface area contributed by atoms with Crippen LogP contribution in [0, 0.1) is 5.82 Å². The first-order chi connectivity index (χ1) is 12.6. The van der Waals surface area contributed by atoms with Gasteiger partial charge in [-0.05, 0) is 23.8 Å². The van der Waals surface area contributed by atoms with Crippen LogP contribution in [0.5, 0.6) is 0 Å². The van der Waals surface area contributed by atoms with Crippen LogP contribution in [0.4, 0.5) is 10.2 Å². The van der Waals surface area contributed by atoms with Gasteiger partial charge < -0.3 is 5.32 Å². The minimum Gasteiger partial charge on any atom is -0.302 e. The van der Waals surface area contributed by atoms with Crippen molar-refractivity contribution in [3.05, 3.63) is 77.1 Å². The van der Waals surface area contributed by atoms with Gasteiger partial charge in [0.15, 0.2) is 17.2 Å². The van der Waals surface area contributed by atoms with E-state index in [1.807, 2.05) is 0 Å². The van der Waals surface area contributed by atoms with Crippen molar-refractivity contribution in [2.75, 3.05) is 5.32 Å². The molecule has 4 rings (SSSR count). The second-order valence-electron chi connectivity index (χ2n) is 5.56. The topological polar surface area (TPSA) is 77.1 Å². The molecule has 0 unspecified atom stereocenters. The highest BCUT2D eigenvalue weighted by molar-refractivity contribution is 6.33. The predicted molar refractivity (Wildman–Crippen MR) is 93.7 cm³/mol. The number of carbonyl (C=O) groups is 1. The molecule has 1 N–H and O–H groups in total. The Labute approximate surface area is 152 Å². The highest BCUT2D eigenvalue weighted by Gasteiger charge is 2.15. The summed E-state index contributed by atoms with van der Waals surface area (Å²) in [6, 6.07) is 9.46. The normalized spacial score (nSPS) is 11.0. The minimum absolute atomic E-state index is 0.194. The van der Waals surface area contributed by atoms with Gasteiger partial charge in [0.1, 0.15) is 10.8 Å². The Morgan fingerprint density at radius 1 is 1.23 bits per heavy atom. The molecule has 0 bridgehead atoms. The van der Waals surface area contributed by atoms with E-state index in [1.54, 1.807) is 42.9 Å². The first kappa shape index (κ1) is 16.2. The number of benzene rings is 1. The maximum Gasteiger partial charge on any atom is 0.277 e. The number of fused-ring (bicyclic) bond motifs is 1. The molecule has 0 radical (unpaired) electrons. The number of hydrogen-bond donors (Lipinski definition) is 1. The quantitative estimate of drug-likeness (QED) is 0.599. The molecule has 1 amide bonds. The standard InChI is InChI=1S/C17H12ClFN6O/c18-13-10-24(9-11-3-1-4-12(19)7-11)23-16(13)21-17(26)14-8-15-20-5-2-6-25(15)22-14/h1-8,10H,9H2,(H,21,23,26). The summed E-state index contributed by atoms with van der Waals surface area (Å²) in [6.45, 7) is 0.325. The molecule has 26 heavy (non-hydrogen) atoms. The van der Waals surface area contributed by atoms with Crippen LogP contribution in [0.1, 0.15) is 16.1 Å². The molecule has 4 aromatic rings. The third-order valence-corrected chi connectivity index (χ3v) is 3.93. The molecule has 0 atom stereocenters. The Bertz CT molecular complexity index is 1070. The number of halogens is 2. The maximum absolute atomic E-state index is 13.3. The van der Waals surface area contributed by atoms with Crippen molar-refractivity contribution >= 4 is 29.0 Å². The molecule has 1 aromatic carbocycles. The van der Waals surface area contributed by atoms with Crippen molar-refractivity contribution in [3.8, 4) is 0 Å². The van der Waals surface area contributed by atoms with Gasteiger partial charge in [0.2, 0.25) is 0 Å². The van der Waals surface area contributed by atoms with Gasteiger partial charge in [0, 0.05) is 24.7 Å². The Hall–Kier alpha value is -3.26. The molecule has 0 spiro atoms. The molecule has 0 saturated heterocycles. The van der Waals surface area contributed by atoms with Gasteiger partial charge in [-0.2, -0.15) is 10.2 Å². The van der Waals surface area contributed by atoms with Crippen LogP contribution >= 0.6 is 11.6 Å². The fourth-order valence-corrected chi connectivity index (χ4v) is 2.70. The molecule has 0 aliphatic heterocycles. The maximum atomic E-state index is 13.3. The van der Waals surface area contributed by atoms with Gasteiger partial charge >= 0.3 is 0 Å². The molecule has 0 fully saturated rings. The lowest BCUT2D eigenvalue weighted by atomic mass is 10.2. The van der Waals surface area contributed by atoms with E-state index in [-0.39, 0.29) is 22.4 Å². The highest BCUT2D eigenvalue weighted by atomic mass is 35.5.